The molecule has 1 nitrogen and oxygen atoms in total. The van der Waals surface area contributed by atoms with E-state index in [0.717, 1.165) is 6.54 Å². The van der Waals surface area contributed by atoms with Crippen LogP contribution >= 0.6 is 22.6 Å². The Labute approximate surface area is 112 Å². The average Bonchev–Trinajstić information content (AvgIpc) is 2.58. The van der Waals surface area contributed by atoms with Gasteiger partial charge >= 0.3 is 0 Å². The standard InChI is InChI=1S/C14H20IN/c1-13(2)12(14(13,3)4)16-9-10-5-7-11(15)8-6-10/h5-8,12,16H,9H2,1-4H3. The number of rotatable bonds is 3. The maximum Gasteiger partial charge on any atom is 0.0208 e. The van der Waals surface area contributed by atoms with Gasteiger partial charge in [-0.1, -0.05) is 39.8 Å². The Morgan fingerprint density at radius 3 is 2.00 bits per heavy atom. The molecule has 1 aromatic carbocycles. The second-order valence-corrected chi connectivity index (χ2v) is 7.13. The summed E-state index contributed by atoms with van der Waals surface area (Å²) in [6.07, 6.45) is 0. The Morgan fingerprint density at radius 2 is 1.56 bits per heavy atom. The monoisotopic (exact) mass is 329 g/mol. The first-order chi connectivity index (χ1) is 7.35. The van der Waals surface area contributed by atoms with Gasteiger partial charge in [0.15, 0.2) is 0 Å². The molecule has 16 heavy (non-hydrogen) atoms. The molecule has 0 bridgehead atoms. The van der Waals surface area contributed by atoms with Gasteiger partial charge in [-0.25, -0.2) is 0 Å². The van der Waals surface area contributed by atoms with Crippen LogP contribution in [0, 0.1) is 14.4 Å². The van der Waals surface area contributed by atoms with Crippen LogP contribution in [0.3, 0.4) is 0 Å². The van der Waals surface area contributed by atoms with Crippen molar-refractivity contribution >= 4 is 22.6 Å². The highest BCUT2D eigenvalue weighted by atomic mass is 127. The topological polar surface area (TPSA) is 12.0 Å². The van der Waals surface area contributed by atoms with Gasteiger partial charge in [0.1, 0.15) is 0 Å². The van der Waals surface area contributed by atoms with Crippen LogP contribution in [-0.4, -0.2) is 6.04 Å². The number of nitrogens with one attached hydrogen (secondary N) is 1. The zero-order valence-corrected chi connectivity index (χ0v) is 12.6. The highest BCUT2D eigenvalue weighted by molar-refractivity contribution is 14.1. The molecule has 1 saturated carbocycles. The van der Waals surface area contributed by atoms with Crippen molar-refractivity contribution in [3.63, 3.8) is 0 Å². The quantitative estimate of drug-likeness (QED) is 0.832. The molecule has 0 unspecified atom stereocenters. The van der Waals surface area contributed by atoms with Crippen molar-refractivity contribution in [2.45, 2.75) is 40.3 Å². The van der Waals surface area contributed by atoms with Gasteiger partial charge in [0, 0.05) is 16.2 Å². The van der Waals surface area contributed by atoms with Crippen molar-refractivity contribution in [3.8, 4) is 0 Å². The zero-order valence-electron chi connectivity index (χ0n) is 10.5. The molecule has 0 heterocycles. The number of halogens is 1. The van der Waals surface area contributed by atoms with E-state index in [1.807, 2.05) is 0 Å². The fourth-order valence-electron chi connectivity index (χ4n) is 2.53. The Balaban J connectivity index is 1.93. The molecule has 2 rings (SSSR count). The highest BCUT2D eigenvalue weighted by Gasteiger charge is 2.64. The SMILES string of the molecule is CC1(C)C(NCc2ccc(I)cc2)C1(C)C. The summed E-state index contributed by atoms with van der Waals surface area (Å²) in [6, 6.07) is 9.38. The van der Waals surface area contributed by atoms with E-state index in [2.05, 4.69) is 79.9 Å². The average molecular weight is 329 g/mol. The van der Waals surface area contributed by atoms with Crippen LogP contribution in [0.5, 0.6) is 0 Å². The van der Waals surface area contributed by atoms with Crippen molar-refractivity contribution < 1.29 is 0 Å². The lowest BCUT2D eigenvalue weighted by Gasteiger charge is -2.06. The van der Waals surface area contributed by atoms with Gasteiger partial charge in [-0.15, -0.1) is 0 Å². The minimum atomic E-state index is 0.427. The summed E-state index contributed by atoms with van der Waals surface area (Å²) in [4.78, 5) is 0. The van der Waals surface area contributed by atoms with Crippen molar-refractivity contribution in [2.24, 2.45) is 10.8 Å². The fraction of sp³-hybridized carbons (Fsp3) is 0.571. The molecule has 0 radical (unpaired) electrons. The number of benzene rings is 1. The van der Waals surface area contributed by atoms with Crippen LogP contribution in [0.25, 0.3) is 0 Å². The van der Waals surface area contributed by atoms with Gasteiger partial charge in [-0.05, 0) is 51.1 Å². The summed E-state index contributed by atoms with van der Waals surface area (Å²) in [5.74, 6) is 0. The molecule has 2 heteroatoms. The van der Waals surface area contributed by atoms with Crippen LogP contribution in [0.1, 0.15) is 33.3 Å². The lowest BCUT2D eigenvalue weighted by Crippen LogP contribution is -2.21. The molecule has 0 spiro atoms. The van der Waals surface area contributed by atoms with Crippen molar-refractivity contribution in [1.82, 2.24) is 5.32 Å². The Morgan fingerprint density at radius 1 is 1.06 bits per heavy atom. The van der Waals surface area contributed by atoms with E-state index in [4.69, 9.17) is 0 Å². The van der Waals surface area contributed by atoms with E-state index >= 15 is 0 Å². The first-order valence-electron chi connectivity index (χ1n) is 5.83. The molecule has 0 atom stereocenters. The first kappa shape index (κ1) is 12.4. The minimum absolute atomic E-state index is 0.427. The van der Waals surface area contributed by atoms with E-state index in [0.29, 0.717) is 16.9 Å². The summed E-state index contributed by atoms with van der Waals surface area (Å²) in [5.41, 5.74) is 2.23. The molecule has 1 aromatic rings. The summed E-state index contributed by atoms with van der Waals surface area (Å²) in [6.45, 7) is 10.4. The molecule has 1 N–H and O–H groups in total. The van der Waals surface area contributed by atoms with Gasteiger partial charge in [-0.3, -0.25) is 0 Å². The van der Waals surface area contributed by atoms with Crippen LogP contribution < -0.4 is 5.32 Å². The fourth-order valence-corrected chi connectivity index (χ4v) is 2.89. The third-order valence-corrected chi connectivity index (χ3v) is 5.16. The molecule has 1 aliphatic rings. The van der Waals surface area contributed by atoms with Crippen LogP contribution in [0.4, 0.5) is 0 Å². The van der Waals surface area contributed by atoms with E-state index in [9.17, 15) is 0 Å². The van der Waals surface area contributed by atoms with Gasteiger partial charge in [0.25, 0.3) is 0 Å². The number of hydrogen-bond acceptors (Lipinski definition) is 1. The maximum absolute atomic E-state index is 3.67. The first-order valence-corrected chi connectivity index (χ1v) is 6.91. The van der Waals surface area contributed by atoms with Gasteiger partial charge in [0.05, 0.1) is 0 Å². The third-order valence-electron chi connectivity index (χ3n) is 4.44. The molecule has 0 aromatic heterocycles. The summed E-state index contributed by atoms with van der Waals surface area (Å²) >= 11 is 2.34. The van der Waals surface area contributed by atoms with E-state index in [1.54, 1.807) is 0 Å². The van der Waals surface area contributed by atoms with Crippen LogP contribution in [-0.2, 0) is 6.54 Å². The Kier molecular flexibility index (Phi) is 3.08. The molecule has 0 saturated heterocycles. The third kappa shape index (κ3) is 2.02. The summed E-state index contributed by atoms with van der Waals surface area (Å²) in [5, 5.41) is 3.67. The minimum Gasteiger partial charge on any atom is -0.309 e. The molecule has 0 aliphatic heterocycles. The molecule has 1 fully saturated rings. The van der Waals surface area contributed by atoms with Crippen molar-refractivity contribution in [2.75, 3.05) is 0 Å². The molecular weight excluding hydrogens is 309 g/mol. The van der Waals surface area contributed by atoms with E-state index in [-0.39, 0.29) is 0 Å². The van der Waals surface area contributed by atoms with Crippen LogP contribution in [0.2, 0.25) is 0 Å². The molecule has 1 aliphatic carbocycles. The predicted octanol–water partition coefficient (Wildman–Crippen LogP) is 3.82. The highest BCUT2D eigenvalue weighted by Crippen LogP contribution is 2.62. The van der Waals surface area contributed by atoms with E-state index in [1.165, 1.54) is 9.13 Å². The zero-order chi connectivity index (χ0) is 12.0. The van der Waals surface area contributed by atoms with Gasteiger partial charge < -0.3 is 5.32 Å². The van der Waals surface area contributed by atoms with Crippen molar-refractivity contribution in [3.05, 3.63) is 33.4 Å². The summed E-state index contributed by atoms with van der Waals surface area (Å²) < 4.78 is 1.30. The molecular formula is C14H20IN. The molecule has 88 valence electrons. The Bertz CT molecular complexity index is 364. The largest absolute Gasteiger partial charge is 0.309 e. The number of hydrogen-bond donors (Lipinski definition) is 1. The molecule has 0 amide bonds. The summed E-state index contributed by atoms with van der Waals surface area (Å²) in [7, 11) is 0. The van der Waals surface area contributed by atoms with Crippen molar-refractivity contribution in [1.29, 1.82) is 0 Å². The normalized spacial score (nSPS) is 22.1. The predicted molar refractivity (Wildman–Crippen MR) is 77.3 cm³/mol. The van der Waals surface area contributed by atoms with Gasteiger partial charge in [-0.2, -0.15) is 0 Å². The Hall–Kier alpha value is -0.0900. The smallest absolute Gasteiger partial charge is 0.0208 e. The van der Waals surface area contributed by atoms with Gasteiger partial charge in [0.2, 0.25) is 0 Å². The second kappa shape index (κ2) is 3.98. The lowest BCUT2D eigenvalue weighted by atomic mass is 10.0. The second-order valence-electron chi connectivity index (χ2n) is 5.88. The maximum atomic E-state index is 3.67. The lowest BCUT2D eigenvalue weighted by molar-refractivity contribution is 0.457. The van der Waals surface area contributed by atoms with E-state index < -0.39 is 0 Å². The van der Waals surface area contributed by atoms with Crippen LogP contribution in [0.15, 0.2) is 24.3 Å².